The topological polar surface area (TPSA) is 77.7 Å². The molecular formula is C16H17N5O. The summed E-state index contributed by atoms with van der Waals surface area (Å²) < 4.78 is 0. The molecule has 0 radical (unpaired) electrons. The van der Waals surface area contributed by atoms with Crippen LogP contribution in [0.5, 0.6) is 0 Å². The molecule has 6 nitrogen and oxygen atoms in total. The molecule has 0 atom stereocenters. The molecule has 0 spiro atoms. The van der Waals surface area contributed by atoms with Gasteiger partial charge in [0, 0.05) is 31.4 Å². The van der Waals surface area contributed by atoms with E-state index in [2.05, 4.69) is 31.1 Å². The number of hydrogen-bond acceptors (Lipinski definition) is 4. The smallest absolute Gasteiger partial charge is 0.255 e. The fraction of sp³-hybridized carbons (Fsp3) is 0.312. The van der Waals surface area contributed by atoms with Gasteiger partial charge >= 0.3 is 0 Å². The third-order valence-electron chi connectivity index (χ3n) is 4.19. The Bertz CT molecular complexity index is 895. The van der Waals surface area contributed by atoms with Crippen molar-refractivity contribution in [3.8, 4) is 0 Å². The molecule has 0 aliphatic carbocycles. The van der Waals surface area contributed by atoms with Crippen molar-refractivity contribution in [3.05, 3.63) is 57.4 Å². The van der Waals surface area contributed by atoms with Crippen LogP contribution in [-0.4, -0.2) is 31.6 Å². The van der Waals surface area contributed by atoms with E-state index in [-0.39, 0.29) is 5.56 Å². The average Bonchev–Trinajstić information content (AvgIpc) is 2.91. The summed E-state index contributed by atoms with van der Waals surface area (Å²) in [6.07, 6.45) is 0.812. The Labute approximate surface area is 127 Å². The molecule has 0 amide bonds. The first-order valence-electron chi connectivity index (χ1n) is 7.44. The van der Waals surface area contributed by atoms with Crippen molar-refractivity contribution in [1.82, 2.24) is 25.1 Å². The summed E-state index contributed by atoms with van der Waals surface area (Å²) in [5, 5.41) is 8.58. The maximum absolute atomic E-state index is 12.1. The van der Waals surface area contributed by atoms with Gasteiger partial charge in [-0.25, -0.2) is 4.98 Å². The number of H-pyrrole nitrogens is 2. The van der Waals surface area contributed by atoms with E-state index in [4.69, 9.17) is 0 Å². The monoisotopic (exact) mass is 295 g/mol. The second kappa shape index (κ2) is 5.06. The van der Waals surface area contributed by atoms with E-state index < -0.39 is 0 Å². The lowest BCUT2D eigenvalue weighted by molar-refractivity contribution is 0.239. The van der Waals surface area contributed by atoms with Crippen molar-refractivity contribution >= 4 is 10.9 Å². The molecule has 3 heterocycles. The lowest BCUT2D eigenvalue weighted by Gasteiger charge is -2.27. The predicted octanol–water partition coefficient (Wildman–Crippen LogP) is 1.51. The highest BCUT2D eigenvalue weighted by Gasteiger charge is 2.21. The quantitative estimate of drug-likeness (QED) is 0.751. The minimum absolute atomic E-state index is 0.0123. The van der Waals surface area contributed by atoms with E-state index >= 15 is 0 Å². The number of aromatic amines is 2. The van der Waals surface area contributed by atoms with Gasteiger partial charge in [0.2, 0.25) is 0 Å². The minimum Gasteiger partial charge on any atom is -0.310 e. The van der Waals surface area contributed by atoms with Gasteiger partial charge in [0.1, 0.15) is 5.82 Å². The maximum Gasteiger partial charge on any atom is 0.255 e. The van der Waals surface area contributed by atoms with Gasteiger partial charge in [0.05, 0.1) is 22.5 Å². The van der Waals surface area contributed by atoms with Crippen LogP contribution in [-0.2, 0) is 19.5 Å². The lowest BCUT2D eigenvalue weighted by atomic mass is 10.1. The number of nitrogens with zero attached hydrogens (tertiary/aromatic N) is 3. The third-order valence-corrected chi connectivity index (χ3v) is 4.19. The molecule has 0 bridgehead atoms. The van der Waals surface area contributed by atoms with Gasteiger partial charge in [-0.2, -0.15) is 5.10 Å². The molecule has 112 valence electrons. The molecule has 2 N–H and O–H groups in total. The molecular weight excluding hydrogens is 278 g/mol. The summed E-state index contributed by atoms with van der Waals surface area (Å²) in [6.45, 7) is 4.11. The number of nitrogens with one attached hydrogen (secondary N) is 2. The van der Waals surface area contributed by atoms with E-state index in [9.17, 15) is 4.79 Å². The number of aryl methyl sites for hydroxylation is 1. The fourth-order valence-corrected chi connectivity index (χ4v) is 3.10. The number of para-hydroxylation sites is 1. The van der Waals surface area contributed by atoms with Crippen LogP contribution < -0.4 is 5.56 Å². The third kappa shape index (κ3) is 2.21. The zero-order valence-electron chi connectivity index (χ0n) is 12.4. The highest BCUT2D eigenvalue weighted by molar-refractivity contribution is 5.81. The predicted molar refractivity (Wildman–Crippen MR) is 83.5 cm³/mol. The van der Waals surface area contributed by atoms with Crippen molar-refractivity contribution < 1.29 is 0 Å². The molecule has 6 heteroatoms. The second-order valence-corrected chi connectivity index (χ2v) is 5.76. The first kappa shape index (κ1) is 13.2. The summed E-state index contributed by atoms with van der Waals surface area (Å²) in [6, 6.07) is 8.07. The molecule has 0 saturated heterocycles. The molecule has 3 aromatic rings. The first-order valence-corrected chi connectivity index (χ1v) is 7.44. The zero-order chi connectivity index (χ0) is 15.1. The second-order valence-electron chi connectivity index (χ2n) is 5.76. The van der Waals surface area contributed by atoms with Crippen molar-refractivity contribution in [1.29, 1.82) is 0 Å². The van der Waals surface area contributed by atoms with Crippen LogP contribution in [0.2, 0.25) is 0 Å². The number of hydrogen-bond donors (Lipinski definition) is 2. The van der Waals surface area contributed by atoms with Gasteiger partial charge in [-0.1, -0.05) is 18.2 Å². The number of benzene rings is 1. The van der Waals surface area contributed by atoms with Crippen LogP contribution in [0.15, 0.2) is 29.1 Å². The van der Waals surface area contributed by atoms with Gasteiger partial charge in [-0.3, -0.25) is 14.8 Å². The molecule has 1 aliphatic rings. The van der Waals surface area contributed by atoms with Crippen molar-refractivity contribution in [2.75, 3.05) is 6.54 Å². The highest BCUT2D eigenvalue weighted by Crippen LogP contribution is 2.20. The van der Waals surface area contributed by atoms with Crippen LogP contribution in [0.3, 0.4) is 0 Å². The van der Waals surface area contributed by atoms with Crippen molar-refractivity contribution in [2.45, 2.75) is 26.4 Å². The van der Waals surface area contributed by atoms with Crippen molar-refractivity contribution in [2.24, 2.45) is 0 Å². The van der Waals surface area contributed by atoms with E-state index in [0.29, 0.717) is 12.4 Å². The van der Waals surface area contributed by atoms with Crippen molar-refractivity contribution in [3.63, 3.8) is 0 Å². The Hall–Kier alpha value is -2.47. The fourth-order valence-electron chi connectivity index (χ4n) is 3.10. The lowest BCUT2D eigenvalue weighted by Crippen LogP contribution is -2.35. The van der Waals surface area contributed by atoms with Gasteiger partial charge in [-0.05, 0) is 13.0 Å². The van der Waals surface area contributed by atoms with E-state index in [1.54, 1.807) is 0 Å². The molecule has 4 rings (SSSR count). The van der Waals surface area contributed by atoms with Gasteiger partial charge in [-0.15, -0.1) is 0 Å². The normalized spacial score (nSPS) is 15.1. The SMILES string of the molecule is Cc1nc2c(c(=O)[nH]1)CN(Cc1[nH]nc3ccccc13)CC2. The van der Waals surface area contributed by atoms with Crippen LogP contribution in [0.25, 0.3) is 10.9 Å². The summed E-state index contributed by atoms with van der Waals surface area (Å²) in [5.41, 5.74) is 3.79. The molecule has 0 saturated carbocycles. The molecule has 0 fully saturated rings. The van der Waals surface area contributed by atoms with E-state index in [1.165, 1.54) is 0 Å². The first-order chi connectivity index (χ1) is 10.7. The highest BCUT2D eigenvalue weighted by atomic mass is 16.1. The van der Waals surface area contributed by atoms with Gasteiger partial charge in [0.25, 0.3) is 5.56 Å². The average molecular weight is 295 g/mol. The Morgan fingerprint density at radius 1 is 1.32 bits per heavy atom. The van der Waals surface area contributed by atoms with E-state index in [1.807, 2.05) is 25.1 Å². The summed E-state index contributed by atoms with van der Waals surface area (Å²) in [4.78, 5) is 21.6. The summed E-state index contributed by atoms with van der Waals surface area (Å²) in [7, 11) is 0. The number of fused-ring (bicyclic) bond motifs is 2. The van der Waals surface area contributed by atoms with Crippen LogP contribution in [0, 0.1) is 6.92 Å². The Kier molecular flexibility index (Phi) is 3.04. The number of aromatic nitrogens is 4. The summed E-state index contributed by atoms with van der Waals surface area (Å²) in [5.74, 6) is 0.691. The Morgan fingerprint density at radius 3 is 3.09 bits per heavy atom. The van der Waals surface area contributed by atoms with Gasteiger partial charge < -0.3 is 4.98 Å². The number of rotatable bonds is 2. The molecule has 22 heavy (non-hydrogen) atoms. The van der Waals surface area contributed by atoms with Gasteiger partial charge in [0.15, 0.2) is 0 Å². The Morgan fingerprint density at radius 2 is 2.18 bits per heavy atom. The molecule has 1 aliphatic heterocycles. The van der Waals surface area contributed by atoms with Crippen LogP contribution in [0.4, 0.5) is 0 Å². The van der Waals surface area contributed by atoms with Crippen LogP contribution in [0.1, 0.15) is 22.8 Å². The Balaban J connectivity index is 1.62. The summed E-state index contributed by atoms with van der Waals surface area (Å²) >= 11 is 0. The van der Waals surface area contributed by atoms with Crippen LogP contribution >= 0.6 is 0 Å². The standard InChI is InChI=1S/C16H17N5O/c1-10-17-13-6-7-21(8-12(13)16(22)18-10)9-15-11-4-2-3-5-14(11)19-20-15/h2-5H,6-9H2,1H3,(H,19,20)(H,17,18,22). The molecule has 0 unspecified atom stereocenters. The maximum atomic E-state index is 12.1. The van der Waals surface area contributed by atoms with E-state index in [0.717, 1.165) is 47.4 Å². The zero-order valence-corrected chi connectivity index (χ0v) is 12.4. The largest absolute Gasteiger partial charge is 0.310 e. The molecule has 2 aromatic heterocycles. The molecule has 1 aromatic carbocycles. The minimum atomic E-state index is -0.0123.